The van der Waals surface area contributed by atoms with E-state index in [-0.39, 0.29) is 29.0 Å². The largest absolute Gasteiger partial charge is 0.381 e. The molecule has 5 heteroatoms. The van der Waals surface area contributed by atoms with Crippen LogP contribution in [-0.2, 0) is 4.74 Å². The lowest BCUT2D eigenvalue weighted by atomic mass is 9.64. The fourth-order valence-electron chi connectivity index (χ4n) is 2.36. The average molecular weight is 250 g/mol. The molecule has 1 aliphatic rings. The number of hydrogen-bond acceptors (Lipinski definition) is 3. The van der Waals surface area contributed by atoms with Gasteiger partial charge in [0, 0.05) is 36.4 Å². The van der Waals surface area contributed by atoms with E-state index in [4.69, 9.17) is 4.74 Å². The van der Waals surface area contributed by atoms with Crippen molar-refractivity contribution in [3.05, 3.63) is 34.2 Å². The van der Waals surface area contributed by atoms with Gasteiger partial charge in [0.1, 0.15) is 0 Å². The fraction of sp³-hybridized carbons (Fsp3) is 0.538. The van der Waals surface area contributed by atoms with Gasteiger partial charge in [0.15, 0.2) is 0 Å². The minimum absolute atomic E-state index is 0.0778. The van der Waals surface area contributed by atoms with Crippen LogP contribution in [0.1, 0.15) is 30.6 Å². The molecule has 0 spiro atoms. The van der Waals surface area contributed by atoms with E-state index in [1.165, 1.54) is 12.3 Å². The summed E-state index contributed by atoms with van der Waals surface area (Å²) in [5.74, 6) is -0.214. The van der Waals surface area contributed by atoms with E-state index < -0.39 is 0 Å². The molecule has 1 amide bonds. The number of carbonyl (C=O) groups excluding carboxylic acids is 1. The van der Waals surface area contributed by atoms with E-state index in [1.54, 1.807) is 13.2 Å². The lowest BCUT2D eigenvalue weighted by Crippen LogP contribution is -2.61. The minimum Gasteiger partial charge on any atom is -0.381 e. The molecule has 5 nitrogen and oxygen atoms in total. The summed E-state index contributed by atoms with van der Waals surface area (Å²) in [5.41, 5.74) is 0.0340. The number of aromatic nitrogens is 1. The van der Waals surface area contributed by atoms with Crippen molar-refractivity contribution in [3.8, 4) is 0 Å². The standard InChI is InChI=1S/C13H18N2O3/c1-13(2)9(7-10(13)18-3)15-12(17)8-4-5-14-11(16)6-8/h4-6,9-10H,7H2,1-3H3,(H,14,16)(H,15,17). The summed E-state index contributed by atoms with van der Waals surface area (Å²) in [6.07, 6.45) is 2.45. The molecule has 1 aromatic heterocycles. The number of nitrogens with one attached hydrogen (secondary N) is 2. The molecule has 18 heavy (non-hydrogen) atoms. The molecule has 0 aromatic carbocycles. The first-order chi connectivity index (χ1) is 8.45. The van der Waals surface area contributed by atoms with E-state index >= 15 is 0 Å². The van der Waals surface area contributed by atoms with Gasteiger partial charge in [0.25, 0.3) is 5.91 Å². The Labute approximate surface area is 106 Å². The maximum atomic E-state index is 12.0. The van der Waals surface area contributed by atoms with Crippen molar-refractivity contribution in [1.29, 1.82) is 0 Å². The summed E-state index contributed by atoms with van der Waals surface area (Å²) in [6.45, 7) is 4.13. The highest BCUT2D eigenvalue weighted by atomic mass is 16.5. The number of ether oxygens (including phenoxy) is 1. The third-order valence-corrected chi connectivity index (χ3v) is 3.80. The van der Waals surface area contributed by atoms with Gasteiger partial charge in [-0.2, -0.15) is 0 Å². The van der Waals surface area contributed by atoms with Gasteiger partial charge >= 0.3 is 0 Å². The van der Waals surface area contributed by atoms with Crippen molar-refractivity contribution in [2.75, 3.05) is 7.11 Å². The molecule has 1 aliphatic carbocycles. The van der Waals surface area contributed by atoms with Crippen LogP contribution in [0.15, 0.2) is 23.1 Å². The summed E-state index contributed by atoms with van der Waals surface area (Å²) < 4.78 is 5.33. The van der Waals surface area contributed by atoms with E-state index in [1.807, 2.05) is 0 Å². The van der Waals surface area contributed by atoms with Crippen LogP contribution in [0, 0.1) is 5.41 Å². The first-order valence-corrected chi connectivity index (χ1v) is 5.97. The average Bonchev–Trinajstić information content (AvgIpc) is 2.33. The smallest absolute Gasteiger partial charge is 0.251 e. The summed E-state index contributed by atoms with van der Waals surface area (Å²) >= 11 is 0. The maximum Gasteiger partial charge on any atom is 0.251 e. The molecule has 2 rings (SSSR count). The molecule has 98 valence electrons. The van der Waals surface area contributed by atoms with Gasteiger partial charge in [-0.15, -0.1) is 0 Å². The zero-order valence-electron chi connectivity index (χ0n) is 10.8. The van der Waals surface area contributed by atoms with Gasteiger partial charge in [0.05, 0.1) is 6.10 Å². The number of H-pyrrole nitrogens is 1. The molecule has 2 unspecified atom stereocenters. The Morgan fingerprint density at radius 2 is 2.28 bits per heavy atom. The van der Waals surface area contributed by atoms with Crippen LogP contribution in [0.3, 0.4) is 0 Å². The van der Waals surface area contributed by atoms with Crippen molar-refractivity contribution < 1.29 is 9.53 Å². The van der Waals surface area contributed by atoms with Crippen LogP contribution >= 0.6 is 0 Å². The lowest BCUT2D eigenvalue weighted by molar-refractivity contribution is -0.0942. The lowest BCUT2D eigenvalue weighted by Gasteiger charge is -2.51. The normalized spacial score (nSPS) is 25.3. The van der Waals surface area contributed by atoms with E-state index in [0.717, 1.165) is 6.42 Å². The number of aromatic amines is 1. The van der Waals surface area contributed by atoms with Crippen molar-refractivity contribution >= 4 is 5.91 Å². The van der Waals surface area contributed by atoms with E-state index in [2.05, 4.69) is 24.1 Å². The Kier molecular flexibility index (Phi) is 3.26. The van der Waals surface area contributed by atoms with Crippen LogP contribution in [0.5, 0.6) is 0 Å². The van der Waals surface area contributed by atoms with Crippen LogP contribution < -0.4 is 10.9 Å². The molecule has 0 radical (unpaired) electrons. The molecule has 2 atom stereocenters. The Morgan fingerprint density at radius 1 is 1.56 bits per heavy atom. The highest BCUT2D eigenvalue weighted by Gasteiger charge is 2.49. The van der Waals surface area contributed by atoms with E-state index in [0.29, 0.717) is 5.56 Å². The predicted octanol–water partition coefficient (Wildman–Crippen LogP) is 0.918. The molecule has 0 aliphatic heterocycles. The van der Waals surface area contributed by atoms with Crippen LogP contribution in [0.2, 0.25) is 0 Å². The van der Waals surface area contributed by atoms with Gasteiger partial charge < -0.3 is 15.0 Å². The topological polar surface area (TPSA) is 71.2 Å². The second-order valence-electron chi connectivity index (χ2n) is 5.25. The Hall–Kier alpha value is -1.62. The predicted molar refractivity (Wildman–Crippen MR) is 67.5 cm³/mol. The first-order valence-electron chi connectivity index (χ1n) is 5.97. The number of rotatable bonds is 3. The molecule has 0 saturated heterocycles. The van der Waals surface area contributed by atoms with Gasteiger partial charge in [-0.1, -0.05) is 13.8 Å². The van der Waals surface area contributed by atoms with Crippen LogP contribution in [-0.4, -0.2) is 30.1 Å². The molecule has 1 saturated carbocycles. The third kappa shape index (κ3) is 2.18. The number of carbonyl (C=O) groups is 1. The van der Waals surface area contributed by atoms with Crippen molar-refractivity contribution in [2.24, 2.45) is 5.41 Å². The second-order valence-corrected chi connectivity index (χ2v) is 5.25. The van der Waals surface area contributed by atoms with Gasteiger partial charge in [-0.25, -0.2) is 0 Å². The highest BCUT2D eigenvalue weighted by molar-refractivity contribution is 5.94. The minimum atomic E-state index is -0.273. The van der Waals surface area contributed by atoms with Crippen molar-refractivity contribution in [2.45, 2.75) is 32.4 Å². The molecule has 1 fully saturated rings. The molecular weight excluding hydrogens is 232 g/mol. The molecular formula is C13H18N2O3. The molecule has 2 N–H and O–H groups in total. The van der Waals surface area contributed by atoms with Crippen molar-refractivity contribution in [3.63, 3.8) is 0 Å². The van der Waals surface area contributed by atoms with Gasteiger partial charge in [0.2, 0.25) is 5.56 Å². The molecule has 1 aromatic rings. The third-order valence-electron chi connectivity index (χ3n) is 3.80. The summed E-state index contributed by atoms with van der Waals surface area (Å²) in [6, 6.07) is 2.97. The summed E-state index contributed by atoms with van der Waals surface area (Å²) in [5, 5.41) is 2.94. The number of hydrogen-bond donors (Lipinski definition) is 2. The zero-order valence-corrected chi connectivity index (χ0v) is 10.8. The highest BCUT2D eigenvalue weighted by Crippen LogP contribution is 2.42. The van der Waals surface area contributed by atoms with Crippen LogP contribution in [0.25, 0.3) is 0 Å². The number of pyridine rings is 1. The van der Waals surface area contributed by atoms with Gasteiger partial charge in [-0.3, -0.25) is 9.59 Å². The monoisotopic (exact) mass is 250 g/mol. The fourth-order valence-corrected chi connectivity index (χ4v) is 2.36. The second kappa shape index (κ2) is 4.57. The van der Waals surface area contributed by atoms with Gasteiger partial charge in [-0.05, 0) is 12.5 Å². The maximum absolute atomic E-state index is 12.0. The van der Waals surface area contributed by atoms with E-state index in [9.17, 15) is 9.59 Å². The van der Waals surface area contributed by atoms with Crippen LogP contribution in [0.4, 0.5) is 0 Å². The summed E-state index contributed by atoms with van der Waals surface area (Å²) in [7, 11) is 1.68. The Morgan fingerprint density at radius 3 is 2.83 bits per heavy atom. The summed E-state index contributed by atoms with van der Waals surface area (Å²) in [4.78, 5) is 25.6. The number of methoxy groups -OCH3 is 1. The quantitative estimate of drug-likeness (QED) is 0.838. The number of amides is 1. The Bertz CT molecular complexity index is 507. The SMILES string of the molecule is COC1CC(NC(=O)c2cc[nH]c(=O)c2)C1(C)C. The zero-order chi connectivity index (χ0) is 13.3. The molecule has 0 bridgehead atoms. The Balaban J connectivity index is 2.04. The molecule has 1 heterocycles. The van der Waals surface area contributed by atoms with Crippen molar-refractivity contribution in [1.82, 2.24) is 10.3 Å². The first kappa shape index (κ1) is 12.8.